The number of nitrogens with one attached hydrogen (secondary N) is 2. The van der Waals surface area contributed by atoms with Crippen LogP contribution in [0.5, 0.6) is 5.75 Å². The van der Waals surface area contributed by atoms with Crippen molar-refractivity contribution in [2.24, 2.45) is 7.05 Å². The van der Waals surface area contributed by atoms with Crippen molar-refractivity contribution in [3.8, 4) is 5.75 Å². The molecule has 0 amide bonds. The van der Waals surface area contributed by atoms with Gasteiger partial charge in [0, 0.05) is 16.7 Å². The van der Waals surface area contributed by atoms with Gasteiger partial charge in [-0.25, -0.2) is 9.79 Å². The maximum Gasteiger partial charge on any atom is 0.415 e. The first kappa shape index (κ1) is 18.2. The Morgan fingerprint density at radius 1 is 1.10 bits per heavy atom. The minimum Gasteiger partial charge on any atom is -0.507 e. The summed E-state index contributed by atoms with van der Waals surface area (Å²) in [6.07, 6.45) is 0. The highest BCUT2D eigenvalue weighted by atomic mass is 16.5. The Morgan fingerprint density at radius 2 is 1.80 bits per heavy atom. The van der Waals surface area contributed by atoms with Gasteiger partial charge in [-0.05, 0) is 19.1 Å². The molecule has 0 bridgehead atoms. The topological polar surface area (TPSA) is 98.3 Å². The van der Waals surface area contributed by atoms with Crippen molar-refractivity contribution in [2.75, 3.05) is 6.61 Å². The molecular formula is C23H20N3O4+. The molecule has 3 aromatic rings. The summed E-state index contributed by atoms with van der Waals surface area (Å²) in [6.45, 7) is 2.35. The third kappa shape index (κ3) is 2.41. The van der Waals surface area contributed by atoms with Crippen LogP contribution in [0.4, 0.5) is 5.82 Å². The van der Waals surface area contributed by atoms with Crippen LogP contribution < -0.4 is 21.0 Å². The van der Waals surface area contributed by atoms with Crippen LogP contribution in [0, 0.1) is 0 Å². The highest BCUT2D eigenvalue weighted by molar-refractivity contribution is 6.21. The molecule has 1 atom stereocenters. The van der Waals surface area contributed by atoms with E-state index in [1.807, 2.05) is 55.5 Å². The zero-order chi connectivity index (χ0) is 21.0. The van der Waals surface area contributed by atoms with Gasteiger partial charge in [0.2, 0.25) is 0 Å². The highest BCUT2D eigenvalue weighted by Crippen LogP contribution is 2.45. The molecule has 0 radical (unpaired) electrons. The number of aliphatic hydroxyl groups is 1. The molecule has 2 aromatic carbocycles. The molecule has 0 fully saturated rings. The number of H-pyrrole nitrogens is 1. The fraction of sp³-hybridized carbons (Fsp3) is 0.174. The van der Waals surface area contributed by atoms with Crippen LogP contribution >= 0.6 is 0 Å². The molecular weight excluding hydrogens is 382 g/mol. The molecule has 1 unspecified atom stereocenters. The highest BCUT2D eigenvalue weighted by Gasteiger charge is 2.44. The van der Waals surface area contributed by atoms with E-state index in [-0.39, 0.29) is 5.76 Å². The average molecular weight is 402 g/mol. The van der Waals surface area contributed by atoms with Crippen molar-refractivity contribution >= 4 is 17.3 Å². The Hall–Kier alpha value is -3.87. The molecule has 1 aliphatic heterocycles. The SMILES string of the molecule is CCOc1ccccc1C1C2=C(O)c3ccccc3C2=[NH+]c2c1c(=O)[nH]c(=O)n2C. The molecule has 3 N–H and O–H groups in total. The van der Waals surface area contributed by atoms with Crippen LogP contribution in [0.2, 0.25) is 0 Å². The minimum atomic E-state index is -0.609. The summed E-state index contributed by atoms with van der Waals surface area (Å²) in [5.41, 5.74) is 2.90. The van der Waals surface area contributed by atoms with E-state index in [1.165, 1.54) is 4.57 Å². The lowest BCUT2D eigenvalue weighted by Gasteiger charge is -2.24. The Morgan fingerprint density at radius 3 is 2.57 bits per heavy atom. The third-order valence-corrected chi connectivity index (χ3v) is 5.69. The lowest BCUT2D eigenvalue weighted by Crippen LogP contribution is -2.72. The number of nitrogens with zero attached hydrogens (tertiary/aromatic N) is 1. The van der Waals surface area contributed by atoms with Crippen molar-refractivity contribution in [3.63, 3.8) is 0 Å². The molecule has 0 saturated heterocycles. The lowest BCUT2D eigenvalue weighted by molar-refractivity contribution is -0.364. The first-order valence-electron chi connectivity index (χ1n) is 9.75. The Balaban J connectivity index is 1.92. The molecule has 2 heterocycles. The number of aliphatic hydroxyl groups excluding tert-OH is 1. The van der Waals surface area contributed by atoms with E-state index in [0.29, 0.717) is 40.6 Å². The third-order valence-electron chi connectivity index (χ3n) is 5.69. The molecule has 1 aliphatic carbocycles. The van der Waals surface area contributed by atoms with Crippen molar-refractivity contribution in [3.05, 3.63) is 97.2 Å². The van der Waals surface area contributed by atoms with Gasteiger partial charge in [0.05, 0.1) is 25.1 Å². The minimum absolute atomic E-state index is 0.114. The number of para-hydroxylation sites is 1. The van der Waals surface area contributed by atoms with E-state index in [1.54, 1.807) is 7.05 Å². The number of allylic oxidation sites excluding steroid dienone is 1. The number of ether oxygens (including phenoxy) is 1. The monoisotopic (exact) mass is 402 g/mol. The van der Waals surface area contributed by atoms with E-state index < -0.39 is 17.2 Å². The number of hydrogen-bond acceptors (Lipinski definition) is 4. The fourth-order valence-corrected chi connectivity index (χ4v) is 4.37. The quantitative estimate of drug-likeness (QED) is 0.611. The summed E-state index contributed by atoms with van der Waals surface area (Å²) in [5, 5.41) is 11.2. The second-order valence-electron chi connectivity index (χ2n) is 7.29. The van der Waals surface area contributed by atoms with Gasteiger partial charge in [-0.3, -0.25) is 9.78 Å². The number of benzene rings is 2. The van der Waals surface area contributed by atoms with Crippen LogP contribution in [-0.2, 0) is 7.05 Å². The van der Waals surface area contributed by atoms with Gasteiger partial charge in [0.25, 0.3) is 11.4 Å². The van der Waals surface area contributed by atoms with Crippen molar-refractivity contribution in [1.82, 2.24) is 9.55 Å². The van der Waals surface area contributed by atoms with E-state index in [4.69, 9.17) is 4.74 Å². The van der Waals surface area contributed by atoms with Crippen LogP contribution in [-0.4, -0.2) is 27.0 Å². The standard InChI is InChI=1S/C23H19N3O4/c1-3-30-15-11-7-6-10-14(15)16-17-19(12-8-4-5-9-13(12)20(17)27)24-21-18(16)22(28)25-23(29)26(21)2/h4-11,16,27H,3H2,1-2H3,(H,25,28,29)/p+1. The van der Waals surface area contributed by atoms with Crippen molar-refractivity contribution in [2.45, 2.75) is 12.8 Å². The maximum absolute atomic E-state index is 13.0. The Bertz CT molecular complexity index is 1380. The molecule has 150 valence electrons. The van der Waals surface area contributed by atoms with E-state index in [9.17, 15) is 14.7 Å². The van der Waals surface area contributed by atoms with Gasteiger partial charge in [-0.1, -0.05) is 36.4 Å². The number of fused-ring (bicyclic) bond motifs is 4. The van der Waals surface area contributed by atoms with E-state index in [0.717, 1.165) is 11.1 Å². The van der Waals surface area contributed by atoms with Gasteiger partial charge in [-0.2, -0.15) is 4.57 Å². The van der Waals surface area contributed by atoms with E-state index >= 15 is 0 Å². The van der Waals surface area contributed by atoms with Gasteiger partial charge in [-0.15, -0.1) is 0 Å². The molecule has 5 rings (SSSR count). The first-order chi connectivity index (χ1) is 14.5. The summed E-state index contributed by atoms with van der Waals surface area (Å²) < 4.78 is 7.23. The number of aromatic amines is 1. The lowest BCUT2D eigenvalue weighted by atomic mass is 9.81. The summed E-state index contributed by atoms with van der Waals surface area (Å²) in [7, 11) is 1.60. The van der Waals surface area contributed by atoms with Crippen LogP contribution in [0.25, 0.3) is 5.76 Å². The summed E-state index contributed by atoms with van der Waals surface area (Å²) >= 11 is 0. The molecule has 30 heavy (non-hydrogen) atoms. The van der Waals surface area contributed by atoms with Crippen LogP contribution in [0.3, 0.4) is 0 Å². The molecule has 2 aliphatic rings. The molecule has 0 saturated carbocycles. The van der Waals surface area contributed by atoms with Crippen molar-refractivity contribution in [1.29, 1.82) is 0 Å². The largest absolute Gasteiger partial charge is 0.507 e. The first-order valence-corrected chi connectivity index (χ1v) is 9.75. The maximum atomic E-state index is 13.0. The van der Waals surface area contributed by atoms with Crippen molar-refractivity contribution < 1.29 is 14.8 Å². The zero-order valence-electron chi connectivity index (χ0n) is 16.5. The summed E-state index contributed by atoms with van der Waals surface area (Å²) in [4.78, 5) is 30.9. The van der Waals surface area contributed by atoms with Gasteiger partial charge in [0.15, 0.2) is 0 Å². The predicted octanol–water partition coefficient (Wildman–Crippen LogP) is 1.10. The van der Waals surface area contributed by atoms with E-state index in [2.05, 4.69) is 9.98 Å². The Kier molecular flexibility index (Phi) is 3.99. The summed E-state index contributed by atoms with van der Waals surface area (Å²) in [5.74, 6) is 0.537. The number of aromatic nitrogens is 2. The molecule has 0 spiro atoms. The second kappa shape index (κ2) is 6.59. The predicted molar refractivity (Wildman–Crippen MR) is 112 cm³/mol. The average Bonchev–Trinajstić information content (AvgIpc) is 3.04. The van der Waals surface area contributed by atoms with Crippen LogP contribution in [0.15, 0.2) is 63.7 Å². The van der Waals surface area contributed by atoms with Gasteiger partial charge < -0.3 is 9.84 Å². The number of rotatable bonds is 3. The van der Waals surface area contributed by atoms with Gasteiger partial charge in [0.1, 0.15) is 22.8 Å². The zero-order valence-corrected chi connectivity index (χ0v) is 16.5. The second-order valence-corrected chi connectivity index (χ2v) is 7.29. The fourth-order valence-electron chi connectivity index (χ4n) is 4.37. The van der Waals surface area contributed by atoms with Crippen LogP contribution in [0.1, 0.15) is 35.1 Å². The van der Waals surface area contributed by atoms with Gasteiger partial charge >= 0.3 is 5.69 Å². The number of hydrogen-bond donors (Lipinski definition) is 3. The molecule has 7 nitrogen and oxygen atoms in total. The smallest absolute Gasteiger partial charge is 0.415 e. The Labute approximate surface area is 171 Å². The normalized spacial score (nSPS) is 16.6. The summed E-state index contributed by atoms with van der Waals surface area (Å²) in [6, 6.07) is 14.9. The molecule has 1 aromatic heterocycles. The molecule has 7 heteroatoms.